The van der Waals surface area contributed by atoms with Crippen LogP contribution in [0.15, 0.2) is 48.5 Å². The van der Waals surface area contributed by atoms with Gasteiger partial charge < -0.3 is 9.64 Å². The molecule has 3 aromatic rings. The maximum Gasteiger partial charge on any atom is 0.358 e. The fourth-order valence-corrected chi connectivity index (χ4v) is 4.23. The summed E-state index contributed by atoms with van der Waals surface area (Å²) in [6, 6.07) is 13.1. The molecule has 2 aromatic carbocycles. The van der Waals surface area contributed by atoms with E-state index in [0.717, 1.165) is 29.8 Å². The average molecular weight is 468 g/mol. The van der Waals surface area contributed by atoms with Crippen molar-refractivity contribution in [2.24, 2.45) is 0 Å². The van der Waals surface area contributed by atoms with Crippen LogP contribution in [0.1, 0.15) is 59.1 Å². The van der Waals surface area contributed by atoms with Gasteiger partial charge in [0.15, 0.2) is 17.3 Å². The van der Waals surface area contributed by atoms with Crippen LogP contribution in [-0.2, 0) is 11.2 Å². The van der Waals surface area contributed by atoms with Crippen molar-refractivity contribution in [3.63, 3.8) is 0 Å². The van der Waals surface area contributed by atoms with Crippen LogP contribution in [0.5, 0.6) is 0 Å². The average Bonchev–Trinajstić information content (AvgIpc) is 3.31. The number of likely N-dealkylation sites (tertiary alicyclic amines) is 1. The van der Waals surface area contributed by atoms with Crippen LogP contribution in [0.3, 0.4) is 0 Å². The standard InChI is InChI=1S/C26H27F2N3O3/c1-3-17-5-7-18(8-6-17)24-16-23(26(33)34-4-2)29-31(24)20-11-13-30(14-12-20)25(32)19-9-10-21(27)22(28)15-19/h5-10,15-16,20H,3-4,11-14H2,1-2H3. The van der Waals surface area contributed by atoms with E-state index in [1.165, 1.54) is 11.6 Å². The van der Waals surface area contributed by atoms with Crippen molar-refractivity contribution < 1.29 is 23.1 Å². The molecule has 1 saturated heterocycles. The van der Waals surface area contributed by atoms with E-state index in [4.69, 9.17) is 4.74 Å². The van der Waals surface area contributed by atoms with Crippen molar-refractivity contribution >= 4 is 11.9 Å². The first kappa shape index (κ1) is 23.6. The molecule has 178 valence electrons. The summed E-state index contributed by atoms with van der Waals surface area (Å²) in [5.74, 6) is -2.83. The summed E-state index contributed by atoms with van der Waals surface area (Å²) in [6.45, 7) is 4.97. The number of esters is 1. The molecular weight excluding hydrogens is 440 g/mol. The zero-order valence-corrected chi connectivity index (χ0v) is 19.3. The minimum absolute atomic E-state index is 0.0296. The fourth-order valence-electron chi connectivity index (χ4n) is 4.23. The number of carbonyl (C=O) groups excluding carboxylic acids is 2. The van der Waals surface area contributed by atoms with Gasteiger partial charge in [-0.2, -0.15) is 5.10 Å². The first-order valence-electron chi connectivity index (χ1n) is 11.5. The van der Waals surface area contributed by atoms with Gasteiger partial charge in [0, 0.05) is 18.7 Å². The first-order chi connectivity index (χ1) is 16.4. The first-order valence-corrected chi connectivity index (χ1v) is 11.5. The lowest BCUT2D eigenvalue weighted by Gasteiger charge is -2.33. The summed E-state index contributed by atoms with van der Waals surface area (Å²) >= 11 is 0. The Morgan fingerprint density at radius 2 is 1.71 bits per heavy atom. The molecule has 1 amide bonds. The molecule has 34 heavy (non-hydrogen) atoms. The van der Waals surface area contributed by atoms with Crippen molar-refractivity contribution in [2.45, 2.75) is 39.2 Å². The number of rotatable bonds is 6. The van der Waals surface area contributed by atoms with Gasteiger partial charge in [-0.05, 0) is 61.6 Å². The Morgan fingerprint density at radius 3 is 2.32 bits per heavy atom. The number of hydrogen-bond donors (Lipinski definition) is 0. The van der Waals surface area contributed by atoms with Crippen LogP contribution in [0.4, 0.5) is 8.78 Å². The van der Waals surface area contributed by atoms with Gasteiger partial charge in [0.2, 0.25) is 0 Å². The number of benzene rings is 2. The number of aromatic nitrogens is 2. The molecule has 6 nitrogen and oxygen atoms in total. The van der Waals surface area contributed by atoms with Crippen LogP contribution >= 0.6 is 0 Å². The van der Waals surface area contributed by atoms with Crippen LogP contribution in [-0.4, -0.2) is 46.3 Å². The van der Waals surface area contributed by atoms with E-state index >= 15 is 0 Å². The van der Waals surface area contributed by atoms with E-state index in [1.54, 1.807) is 17.9 Å². The SMILES string of the molecule is CCOC(=O)c1cc(-c2ccc(CC)cc2)n(C2CCN(C(=O)c3ccc(F)c(F)c3)CC2)n1. The molecule has 0 aliphatic carbocycles. The molecule has 1 fully saturated rings. The summed E-state index contributed by atoms with van der Waals surface area (Å²) < 4.78 is 33.8. The lowest BCUT2D eigenvalue weighted by atomic mass is 10.0. The Morgan fingerprint density at radius 1 is 1.00 bits per heavy atom. The molecule has 0 N–H and O–H groups in total. The molecule has 4 rings (SSSR count). The summed E-state index contributed by atoms with van der Waals surface area (Å²) in [5.41, 5.74) is 3.34. The van der Waals surface area contributed by atoms with Crippen molar-refractivity contribution in [3.8, 4) is 11.3 Å². The maximum absolute atomic E-state index is 13.6. The van der Waals surface area contributed by atoms with Crippen molar-refractivity contribution in [1.82, 2.24) is 14.7 Å². The van der Waals surface area contributed by atoms with Gasteiger partial charge in [-0.25, -0.2) is 13.6 Å². The lowest BCUT2D eigenvalue weighted by Crippen LogP contribution is -2.39. The van der Waals surface area contributed by atoms with Crippen LogP contribution in [0.25, 0.3) is 11.3 Å². The maximum atomic E-state index is 13.6. The van der Waals surface area contributed by atoms with Gasteiger partial charge in [0.05, 0.1) is 18.3 Å². The second-order valence-corrected chi connectivity index (χ2v) is 8.28. The summed E-state index contributed by atoms with van der Waals surface area (Å²) in [5, 5.41) is 4.57. The van der Waals surface area contributed by atoms with Crippen molar-refractivity contribution in [3.05, 3.63) is 77.0 Å². The van der Waals surface area contributed by atoms with Gasteiger partial charge in [-0.3, -0.25) is 9.48 Å². The molecule has 0 radical (unpaired) electrons. The highest BCUT2D eigenvalue weighted by atomic mass is 19.2. The zero-order valence-electron chi connectivity index (χ0n) is 19.3. The lowest BCUT2D eigenvalue weighted by molar-refractivity contribution is 0.0517. The highest BCUT2D eigenvalue weighted by Crippen LogP contribution is 2.30. The minimum Gasteiger partial charge on any atom is -0.461 e. The molecular formula is C26H27F2N3O3. The minimum atomic E-state index is -1.04. The second kappa shape index (κ2) is 10.2. The van der Waals surface area contributed by atoms with Gasteiger partial charge in [0.1, 0.15) is 0 Å². The van der Waals surface area contributed by atoms with Gasteiger partial charge in [0.25, 0.3) is 5.91 Å². The quantitative estimate of drug-likeness (QED) is 0.476. The third kappa shape index (κ3) is 4.85. The van der Waals surface area contributed by atoms with E-state index in [0.29, 0.717) is 25.9 Å². The number of halogens is 2. The summed E-state index contributed by atoms with van der Waals surface area (Å²) in [7, 11) is 0. The highest BCUT2D eigenvalue weighted by Gasteiger charge is 2.28. The highest BCUT2D eigenvalue weighted by molar-refractivity contribution is 5.94. The third-order valence-corrected chi connectivity index (χ3v) is 6.14. The smallest absolute Gasteiger partial charge is 0.358 e. The van der Waals surface area contributed by atoms with Gasteiger partial charge >= 0.3 is 5.97 Å². The number of amides is 1. The van der Waals surface area contributed by atoms with Crippen molar-refractivity contribution in [1.29, 1.82) is 0 Å². The summed E-state index contributed by atoms with van der Waals surface area (Å²) in [4.78, 5) is 26.8. The Labute approximate surface area is 197 Å². The number of ether oxygens (including phenoxy) is 1. The van der Waals surface area contributed by atoms with E-state index in [1.807, 2.05) is 16.8 Å². The molecule has 8 heteroatoms. The van der Waals surface area contributed by atoms with E-state index < -0.39 is 17.6 Å². The predicted octanol–water partition coefficient (Wildman–Crippen LogP) is 5.04. The molecule has 0 atom stereocenters. The van der Waals surface area contributed by atoms with E-state index in [2.05, 4.69) is 24.2 Å². The van der Waals surface area contributed by atoms with E-state index in [9.17, 15) is 18.4 Å². The number of hydrogen-bond acceptors (Lipinski definition) is 4. The number of nitrogens with zero attached hydrogens (tertiary/aromatic N) is 3. The van der Waals surface area contributed by atoms with Crippen LogP contribution < -0.4 is 0 Å². The molecule has 0 unspecified atom stereocenters. The molecule has 2 heterocycles. The van der Waals surface area contributed by atoms with Gasteiger partial charge in [-0.15, -0.1) is 0 Å². The summed E-state index contributed by atoms with van der Waals surface area (Å²) in [6.07, 6.45) is 2.15. The Bertz CT molecular complexity index is 1180. The molecule has 0 bridgehead atoms. The monoisotopic (exact) mass is 467 g/mol. The van der Waals surface area contributed by atoms with Crippen LogP contribution in [0.2, 0.25) is 0 Å². The molecule has 0 spiro atoms. The zero-order chi connectivity index (χ0) is 24.2. The van der Waals surface area contributed by atoms with Crippen LogP contribution in [0, 0.1) is 11.6 Å². The van der Waals surface area contributed by atoms with Gasteiger partial charge in [-0.1, -0.05) is 31.2 Å². The normalized spacial score (nSPS) is 14.3. The molecule has 1 aliphatic rings. The topological polar surface area (TPSA) is 64.4 Å². The second-order valence-electron chi connectivity index (χ2n) is 8.28. The number of piperidine rings is 1. The Hall–Kier alpha value is -3.55. The molecule has 1 aliphatic heterocycles. The number of carbonyl (C=O) groups is 2. The van der Waals surface area contributed by atoms with E-state index in [-0.39, 0.29) is 29.8 Å². The predicted molar refractivity (Wildman–Crippen MR) is 124 cm³/mol. The Balaban J connectivity index is 1.55. The molecule has 0 saturated carbocycles. The van der Waals surface area contributed by atoms with Crippen molar-refractivity contribution in [2.75, 3.05) is 19.7 Å². The Kier molecular flexibility index (Phi) is 7.05. The third-order valence-electron chi connectivity index (χ3n) is 6.14. The fraction of sp³-hybridized carbons (Fsp3) is 0.346. The molecule has 1 aromatic heterocycles. The largest absolute Gasteiger partial charge is 0.461 e. The number of aryl methyl sites for hydroxylation is 1.